The summed E-state index contributed by atoms with van der Waals surface area (Å²) in [5, 5.41) is 8.83. The number of aliphatic hydroxyl groups is 1. The molecule has 1 rings (SSSR count). The molecule has 122 valence electrons. The van der Waals surface area contributed by atoms with Crippen molar-refractivity contribution in [2.24, 2.45) is 5.41 Å². The minimum atomic E-state index is 0.0985. The van der Waals surface area contributed by atoms with Crippen molar-refractivity contribution in [3.8, 4) is 0 Å². The second-order valence-electron chi connectivity index (χ2n) is 7.02. The van der Waals surface area contributed by atoms with E-state index in [1.54, 1.807) is 11.6 Å². The standard InChI is InChI=1S/C21H32O/c1-17(9-8-10-18(2)14-16-22)12-13-20-19(3)11-6-7-15-21(20,4)5/h8-10,12-14,22H,6-7,11,15-16H2,1-5H3/b10-8+,13-12+,17-9+,18-14+. The van der Waals surface area contributed by atoms with Crippen molar-refractivity contribution >= 4 is 0 Å². The summed E-state index contributed by atoms with van der Waals surface area (Å²) in [5.74, 6) is 0. The molecule has 0 aromatic carbocycles. The van der Waals surface area contributed by atoms with E-state index < -0.39 is 0 Å². The van der Waals surface area contributed by atoms with E-state index >= 15 is 0 Å². The Labute approximate surface area is 136 Å². The molecule has 1 aliphatic carbocycles. The lowest BCUT2D eigenvalue weighted by Gasteiger charge is -2.26. The van der Waals surface area contributed by atoms with Gasteiger partial charge in [-0.3, -0.25) is 0 Å². The Morgan fingerprint density at radius 2 is 1.86 bits per heavy atom. The van der Waals surface area contributed by atoms with Gasteiger partial charge in [-0.15, -0.1) is 0 Å². The highest BCUT2D eigenvalue weighted by Crippen LogP contribution is 2.39. The van der Waals surface area contributed by atoms with Crippen molar-refractivity contribution in [2.75, 3.05) is 6.61 Å². The molecule has 0 spiro atoms. The van der Waals surface area contributed by atoms with Crippen LogP contribution in [0.2, 0.25) is 0 Å². The van der Waals surface area contributed by atoms with E-state index in [-0.39, 0.29) is 12.0 Å². The Balaban J connectivity index is 2.83. The smallest absolute Gasteiger partial charge is 0.0617 e. The fourth-order valence-electron chi connectivity index (χ4n) is 3.01. The van der Waals surface area contributed by atoms with E-state index in [9.17, 15) is 0 Å². The van der Waals surface area contributed by atoms with Crippen LogP contribution in [0, 0.1) is 5.41 Å². The minimum Gasteiger partial charge on any atom is -0.392 e. The van der Waals surface area contributed by atoms with Gasteiger partial charge in [-0.25, -0.2) is 0 Å². The summed E-state index contributed by atoms with van der Waals surface area (Å²) in [4.78, 5) is 0. The van der Waals surface area contributed by atoms with Crippen LogP contribution < -0.4 is 0 Å². The lowest BCUT2D eigenvalue weighted by molar-refractivity contribution is 0.342. The van der Waals surface area contributed by atoms with Crippen LogP contribution in [0.4, 0.5) is 0 Å². The van der Waals surface area contributed by atoms with E-state index in [4.69, 9.17) is 5.11 Å². The molecule has 0 fully saturated rings. The van der Waals surface area contributed by atoms with Gasteiger partial charge in [0.1, 0.15) is 0 Å². The molecule has 0 amide bonds. The Morgan fingerprint density at radius 1 is 1.14 bits per heavy atom. The molecule has 0 bridgehead atoms. The SMILES string of the molecule is CC1=C(/C=C/C(C)=C/C=C/C(C)=C/CO)C(C)(C)CCCC1. The van der Waals surface area contributed by atoms with Gasteiger partial charge >= 0.3 is 0 Å². The van der Waals surface area contributed by atoms with Gasteiger partial charge in [0.2, 0.25) is 0 Å². The Kier molecular flexibility index (Phi) is 7.61. The predicted octanol–water partition coefficient (Wildman–Crippen LogP) is 5.90. The normalized spacial score (nSPS) is 21.0. The average molecular weight is 300 g/mol. The largest absolute Gasteiger partial charge is 0.392 e. The molecule has 1 N–H and O–H groups in total. The minimum absolute atomic E-state index is 0.0985. The van der Waals surface area contributed by atoms with Crippen molar-refractivity contribution in [1.82, 2.24) is 0 Å². The molecule has 0 radical (unpaired) electrons. The van der Waals surface area contributed by atoms with Gasteiger partial charge in [0.15, 0.2) is 0 Å². The van der Waals surface area contributed by atoms with Crippen LogP contribution in [0.1, 0.15) is 60.3 Å². The Morgan fingerprint density at radius 3 is 2.55 bits per heavy atom. The van der Waals surface area contributed by atoms with Gasteiger partial charge in [0, 0.05) is 0 Å². The summed E-state index contributed by atoms with van der Waals surface area (Å²) in [6.07, 6.45) is 17.7. The van der Waals surface area contributed by atoms with Crippen LogP contribution in [-0.4, -0.2) is 11.7 Å². The third-order valence-electron chi connectivity index (χ3n) is 4.44. The van der Waals surface area contributed by atoms with Gasteiger partial charge in [0.25, 0.3) is 0 Å². The maximum atomic E-state index is 8.83. The Hall–Kier alpha value is -1.34. The zero-order valence-electron chi connectivity index (χ0n) is 14.9. The van der Waals surface area contributed by atoms with Gasteiger partial charge in [-0.2, -0.15) is 0 Å². The second kappa shape index (κ2) is 8.95. The Bertz CT molecular complexity index is 510. The van der Waals surface area contributed by atoms with Gasteiger partial charge < -0.3 is 5.11 Å². The number of aliphatic hydroxyl groups excluding tert-OH is 1. The number of allylic oxidation sites excluding steroid dienone is 9. The number of hydrogen-bond acceptors (Lipinski definition) is 1. The van der Waals surface area contributed by atoms with E-state index in [2.05, 4.69) is 45.9 Å². The molecule has 1 heteroatoms. The summed E-state index contributed by atoms with van der Waals surface area (Å²) in [5.41, 5.74) is 5.67. The fraction of sp³-hybridized carbons (Fsp3) is 0.524. The maximum Gasteiger partial charge on any atom is 0.0617 e. The summed E-state index contributed by atoms with van der Waals surface area (Å²) in [7, 11) is 0. The fourth-order valence-corrected chi connectivity index (χ4v) is 3.01. The first-order valence-corrected chi connectivity index (χ1v) is 8.37. The lowest BCUT2D eigenvalue weighted by Crippen LogP contribution is -2.13. The molecule has 22 heavy (non-hydrogen) atoms. The van der Waals surface area contributed by atoms with Crippen molar-refractivity contribution in [3.63, 3.8) is 0 Å². The second-order valence-corrected chi connectivity index (χ2v) is 7.02. The van der Waals surface area contributed by atoms with Gasteiger partial charge in [-0.05, 0) is 51.0 Å². The summed E-state index contributed by atoms with van der Waals surface area (Å²) in [6.45, 7) is 11.2. The van der Waals surface area contributed by atoms with Crippen molar-refractivity contribution in [3.05, 3.63) is 58.7 Å². The molecule has 0 atom stereocenters. The highest BCUT2D eigenvalue weighted by atomic mass is 16.2. The third kappa shape index (κ3) is 6.19. The molecule has 1 aliphatic rings. The van der Waals surface area contributed by atoms with Crippen LogP contribution in [0.15, 0.2) is 58.7 Å². The molecule has 0 aromatic rings. The van der Waals surface area contributed by atoms with Crippen LogP contribution in [-0.2, 0) is 0 Å². The first kappa shape index (κ1) is 18.7. The van der Waals surface area contributed by atoms with E-state index in [1.807, 2.05) is 19.1 Å². The molecule has 0 unspecified atom stereocenters. The topological polar surface area (TPSA) is 20.2 Å². The molecule has 1 nitrogen and oxygen atoms in total. The zero-order valence-corrected chi connectivity index (χ0v) is 14.9. The highest BCUT2D eigenvalue weighted by Gasteiger charge is 2.24. The van der Waals surface area contributed by atoms with Gasteiger partial charge in [0.05, 0.1) is 6.61 Å². The van der Waals surface area contributed by atoms with Crippen molar-refractivity contribution in [2.45, 2.75) is 60.3 Å². The summed E-state index contributed by atoms with van der Waals surface area (Å²) >= 11 is 0. The van der Waals surface area contributed by atoms with Crippen LogP contribution in [0.25, 0.3) is 0 Å². The molecule has 0 saturated carbocycles. The predicted molar refractivity (Wildman–Crippen MR) is 97.8 cm³/mol. The first-order chi connectivity index (χ1) is 10.4. The third-order valence-corrected chi connectivity index (χ3v) is 4.44. The van der Waals surface area contributed by atoms with Crippen LogP contribution in [0.5, 0.6) is 0 Å². The van der Waals surface area contributed by atoms with Crippen LogP contribution in [0.3, 0.4) is 0 Å². The monoisotopic (exact) mass is 300 g/mol. The van der Waals surface area contributed by atoms with E-state index in [1.165, 1.54) is 36.8 Å². The zero-order chi connectivity index (χ0) is 16.6. The molecular formula is C21H32O. The molecule has 0 saturated heterocycles. The maximum absolute atomic E-state index is 8.83. The summed E-state index contributed by atoms with van der Waals surface area (Å²) < 4.78 is 0. The molecular weight excluding hydrogens is 268 g/mol. The van der Waals surface area contributed by atoms with Crippen molar-refractivity contribution in [1.29, 1.82) is 0 Å². The first-order valence-electron chi connectivity index (χ1n) is 8.37. The number of rotatable bonds is 5. The highest BCUT2D eigenvalue weighted by molar-refractivity contribution is 5.36. The van der Waals surface area contributed by atoms with Crippen molar-refractivity contribution < 1.29 is 5.11 Å². The molecule has 0 aliphatic heterocycles. The van der Waals surface area contributed by atoms with E-state index in [0.717, 1.165) is 5.57 Å². The average Bonchev–Trinajstić information content (AvgIpc) is 2.55. The van der Waals surface area contributed by atoms with Gasteiger partial charge in [-0.1, -0.05) is 73.4 Å². The lowest BCUT2D eigenvalue weighted by atomic mass is 9.79. The van der Waals surface area contributed by atoms with Crippen LogP contribution >= 0.6 is 0 Å². The van der Waals surface area contributed by atoms with E-state index in [0.29, 0.717) is 0 Å². The summed E-state index contributed by atoms with van der Waals surface area (Å²) in [6, 6.07) is 0. The quantitative estimate of drug-likeness (QED) is 0.627. The number of hydrogen-bond donors (Lipinski definition) is 1. The molecule has 0 heterocycles. The molecule has 0 aromatic heterocycles.